The van der Waals surface area contributed by atoms with E-state index in [4.69, 9.17) is 9.47 Å². The molecule has 3 nitrogen and oxygen atoms in total. The molecule has 0 atom stereocenters. The van der Waals surface area contributed by atoms with Gasteiger partial charge in [-0.3, -0.25) is 4.79 Å². The maximum Gasteiger partial charge on any atom is 0.170 e. The Morgan fingerprint density at radius 3 is 2.63 bits per heavy atom. The van der Waals surface area contributed by atoms with Crippen molar-refractivity contribution in [2.45, 2.75) is 58.7 Å². The minimum atomic E-state index is -0.433. The van der Waals surface area contributed by atoms with Gasteiger partial charge in [0.1, 0.15) is 17.1 Å². The maximum absolute atomic E-state index is 12.0. The number of hydrogen-bond donors (Lipinski definition) is 0. The number of ketones is 1. The van der Waals surface area contributed by atoms with Crippen LogP contribution in [0.4, 0.5) is 0 Å². The van der Waals surface area contributed by atoms with Crippen LogP contribution in [0.2, 0.25) is 0 Å². The second-order valence-electron chi connectivity index (χ2n) is 5.68. The second kappa shape index (κ2) is 5.24. The molecule has 104 valence electrons. The van der Waals surface area contributed by atoms with Gasteiger partial charge in [0.2, 0.25) is 0 Å². The molecule has 1 aromatic rings. The molecule has 0 bridgehead atoms. The van der Waals surface area contributed by atoms with Gasteiger partial charge in [0, 0.05) is 6.07 Å². The predicted molar refractivity (Wildman–Crippen MR) is 75.1 cm³/mol. The number of Topliss-reactive ketones (excluding diaryl/α,β-unsaturated/α-hetero) is 1. The molecule has 0 unspecified atom stereocenters. The van der Waals surface area contributed by atoms with Crippen molar-refractivity contribution in [3.8, 4) is 11.5 Å². The molecule has 1 aromatic carbocycles. The third-order valence-electron chi connectivity index (χ3n) is 3.44. The first kappa shape index (κ1) is 13.9. The Bertz CT molecular complexity index is 473. The zero-order valence-corrected chi connectivity index (χ0v) is 12.2. The molecule has 0 spiro atoms. The Balaban J connectivity index is 2.26. The summed E-state index contributed by atoms with van der Waals surface area (Å²) in [7, 11) is 0. The standard InChI is InChI=1S/C16H22O3/c1-5-11(6-2)18-12-7-8-13-14(17)10-16(3,4)19-15(13)9-12/h7-9,11H,5-6,10H2,1-4H3. The summed E-state index contributed by atoms with van der Waals surface area (Å²) in [5.74, 6) is 1.56. The molecule has 1 heterocycles. The van der Waals surface area contributed by atoms with Crippen molar-refractivity contribution in [2.75, 3.05) is 0 Å². The van der Waals surface area contributed by atoms with Crippen molar-refractivity contribution in [3.63, 3.8) is 0 Å². The van der Waals surface area contributed by atoms with Gasteiger partial charge in [0.15, 0.2) is 5.78 Å². The summed E-state index contributed by atoms with van der Waals surface area (Å²) >= 11 is 0. The summed E-state index contributed by atoms with van der Waals surface area (Å²) in [4.78, 5) is 12.0. The fourth-order valence-corrected chi connectivity index (χ4v) is 2.35. The van der Waals surface area contributed by atoms with Gasteiger partial charge >= 0.3 is 0 Å². The SMILES string of the molecule is CCC(CC)Oc1ccc2c(c1)OC(C)(C)CC2=O. The van der Waals surface area contributed by atoms with Crippen LogP contribution in [0, 0.1) is 0 Å². The first-order valence-corrected chi connectivity index (χ1v) is 6.98. The van der Waals surface area contributed by atoms with Crippen LogP contribution in [0.5, 0.6) is 11.5 Å². The number of rotatable bonds is 4. The highest BCUT2D eigenvalue weighted by molar-refractivity contribution is 6.00. The van der Waals surface area contributed by atoms with E-state index in [1.807, 2.05) is 32.0 Å². The fraction of sp³-hybridized carbons (Fsp3) is 0.562. The third kappa shape index (κ3) is 3.09. The summed E-state index contributed by atoms with van der Waals surface area (Å²) in [6.07, 6.45) is 2.58. The molecule has 1 aliphatic heterocycles. The lowest BCUT2D eigenvalue weighted by Crippen LogP contribution is -2.35. The first-order chi connectivity index (χ1) is 8.95. The molecule has 3 heteroatoms. The minimum Gasteiger partial charge on any atom is -0.490 e. The van der Waals surface area contributed by atoms with Gasteiger partial charge in [-0.05, 0) is 38.8 Å². The molecule has 0 aromatic heterocycles. The molecular formula is C16H22O3. The topological polar surface area (TPSA) is 35.5 Å². The molecule has 0 amide bonds. The lowest BCUT2D eigenvalue weighted by Gasteiger charge is -2.31. The predicted octanol–water partition coefficient (Wildman–Crippen LogP) is 4.00. The molecule has 2 rings (SSSR count). The van der Waals surface area contributed by atoms with E-state index in [1.165, 1.54) is 0 Å². The van der Waals surface area contributed by atoms with E-state index >= 15 is 0 Å². The molecule has 0 radical (unpaired) electrons. The van der Waals surface area contributed by atoms with Crippen molar-refractivity contribution >= 4 is 5.78 Å². The molecule has 0 N–H and O–H groups in total. The van der Waals surface area contributed by atoms with E-state index in [-0.39, 0.29) is 11.9 Å². The van der Waals surface area contributed by atoms with Crippen LogP contribution in [-0.2, 0) is 0 Å². The lowest BCUT2D eigenvalue weighted by atomic mass is 9.93. The number of fused-ring (bicyclic) bond motifs is 1. The first-order valence-electron chi connectivity index (χ1n) is 6.98. The zero-order chi connectivity index (χ0) is 14.0. The Labute approximate surface area is 114 Å². The fourth-order valence-electron chi connectivity index (χ4n) is 2.35. The van der Waals surface area contributed by atoms with Crippen LogP contribution in [-0.4, -0.2) is 17.5 Å². The number of carbonyl (C=O) groups is 1. The van der Waals surface area contributed by atoms with Gasteiger partial charge in [-0.2, -0.15) is 0 Å². The van der Waals surface area contributed by atoms with E-state index in [0.29, 0.717) is 17.7 Å². The van der Waals surface area contributed by atoms with Crippen molar-refractivity contribution < 1.29 is 14.3 Å². The van der Waals surface area contributed by atoms with Crippen molar-refractivity contribution in [2.24, 2.45) is 0 Å². The van der Waals surface area contributed by atoms with Crippen molar-refractivity contribution in [3.05, 3.63) is 23.8 Å². The van der Waals surface area contributed by atoms with E-state index in [2.05, 4.69) is 13.8 Å². The summed E-state index contributed by atoms with van der Waals surface area (Å²) in [6, 6.07) is 5.51. The maximum atomic E-state index is 12.0. The van der Waals surface area contributed by atoms with Crippen LogP contribution >= 0.6 is 0 Å². The van der Waals surface area contributed by atoms with Gasteiger partial charge in [-0.1, -0.05) is 13.8 Å². The van der Waals surface area contributed by atoms with Gasteiger partial charge in [-0.15, -0.1) is 0 Å². The molecule has 0 aliphatic carbocycles. The molecule has 0 saturated carbocycles. The molecule has 1 aliphatic rings. The summed E-state index contributed by atoms with van der Waals surface area (Å²) in [5, 5.41) is 0. The van der Waals surface area contributed by atoms with E-state index in [1.54, 1.807) is 0 Å². The highest BCUT2D eigenvalue weighted by atomic mass is 16.5. The van der Waals surface area contributed by atoms with Crippen LogP contribution in [0.3, 0.4) is 0 Å². The van der Waals surface area contributed by atoms with Crippen LogP contribution < -0.4 is 9.47 Å². The average Bonchev–Trinajstić information content (AvgIpc) is 2.34. The van der Waals surface area contributed by atoms with Crippen LogP contribution in [0.25, 0.3) is 0 Å². The van der Waals surface area contributed by atoms with Crippen LogP contribution in [0.1, 0.15) is 57.3 Å². The summed E-state index contributed by atoms with van der Waals surface area (Å²) in [6.45, 7) is 8.08. The Hall–Kier alpha value is -1.51. The number of ether oxygens (including phenoxy) is 2. The number of benzene rings is 1. The zero-order valence-electron chi connectivity index (χ0n) is 12.2. The monoisotopic (exact) mass is 262 g/mol. The number of carbonyl (C=O) groups excluding carboxylic acids is 1. The van der Waals surface area contributed by atoms with E-state index < -0.39 is 5.60 Å². The number of hydrogen-bond acceptors (Lipinski definition) is 3. The Kier molecular flexibility index (Phi) is 3.83. The van der Waals surface area contributed by atoms with Crippen LogP contribution in [0.15, 0.2) is 18.2 Å². The molecule has 0 fully saturated rings. The summed E-state index contributed by atoms with van der Waals surface area (Å²) < 4.78 is 11.8. The molecule has 19 heavy (non-hydrogen) atoms. The Morgan fingerprint density at radius 1 is 1.32 bits per heavy atom. The smallest absolute Gasteiger partial charge is 0.170 e. The minimum absolute atomic E-state index is 0.139. The van der Waals surface area contributed by atoms with E-state index in [9.17, 15) is 4.79 Å². The average molecular weight is 262 g/mol. The molecule has 0 saturated heterocycles. The third-order valence-corrected chi connectivity index (χ3v) is 3.44. The largest absolute Gasteiger partial charge is 0.490 e. The van der Waals surface area contributed by atoms with Crippen molar-refractivity contribution in [1.29, 1.82) is 0 Å². The van der Waals surface area contributed by atoms with E-state index in [0.717, 1.165) is 18.6 Å². The quantitative estimate of drug-likeness (QED) is 0.822. The van der Waals surface area contributed by atoms with Gasteiger partial charge in [0.25, 0.3) is 0 Å². The van der Waals surface area contributed by atoms with Gasteiger partial charge in [0.05, 0.1) is 18.1 Å². The second-order valence-corrected chi connectivity index (χ2v) is 5.68. The Morgan fingerprint density at radius 2 is 2.00 bits per heavy atom. The van der Waals surface area contributed by atoms with Crippen molar-refractivity contribution in [1.82, 2.24) is 0 Å². The molecular weight excluding hydrogens is 240 g/mol. The normalized spacial score (nSPS) is 17.0. The lowest BCUT2D eigenvalue weighted by molar-refractivity contribution is 0.0617. The highest BCUT2D eigenvalue weighted by Crippen LogP contribution is 2.35. The van der Waals surface area contributed by atoms with Gasteiger partial charge < -0.3 is 9.47 Å². The summed E-state index contributed by atoms with van der Waals surface area (Å²) in [5.41, 5.74) is 0.230. The highest BCUT2D eigenvalue weighted by Gasteiger charge is 2.32. The van der Waals surface area contributed by atoms with Gasteiger partial charge in [-0.25, -0.2) is 0 Å².